The zero-order valence-electron chi connectivity index (χ0n) is 8.11. The maximum atomic E-state index is 13.4. The lowest BCUT2D eigenvalue weighted by Gasteiger charge is -2.03. The molecule has 0 saturated carbocycles. The molecule has 2 rings (SSSR count). The average Bonchev–Trinajstić information content (AvgIpc) is 2.22. The van der Waals surface area contributed by atoms with Gasteiger partial charge in [-0.25, -0.2) is 14.4 Å². The summed E-state index contributed by atoms with van der Waals surface area (Å²) >= 11 is 0. The van der Waals surface area contributed by atoms with E-state index < -0.39 is 5.82 Å². The summed E-state index contributed by atoms with van der Waals surface area (Å²) in [5.41, 5.74) is 7.04. The summed E-state index contributed by atoms with van der Waals surface area (Å²) in [7, 11) is 0. The van der Waals surface area contributed by atoms with E-state index in [9.17, 15) is 4.39 Å². The van der Waals surface area contributed by atoms with Crippen LogP contribution >= 0.6 is 0 Å². The monoisotopic (exact) mass is 204 g/mol. The van der Waals surface area contributed by atoms with Gasteiger partial charge >= 0.3 is 0 Å². The molecule has 0 fully saturated rings. The highest BCUT2D eigenvalue weighted by Gasteiger charge is 2.08. The van der Waals surface area contributed by atoms with Gasteiger partial charge in [0.25, 0.3) is 0 Å². The summed E-state index contributed by atoms with van der Waals surface area (Å²) in [5.74, 6) is -0.435. The van der Waals surface area contributed by atoms with Gasteiger partial charge in [-0.15, -0.1) is 0 Å². The quantitative estimate of drug-likeness (QED) is 0.765. The van der Waals surface area contributed by atoms with Crippen LogP contribution in [0.1, 0.15) is 5.69 Å². The summed E-state index contributed by atoms with van der Waals surface area (Å²) < 4.78 is 13.4. The predicted molar refractivity (Wildman–Crippen MR) is 54.4 cm³/mol. The first-order chi connectivity index (χ1) is 7.16. The van der Waals surface area contributed by atoms with Crippen LogP contribution < -0.4 is 5.73 Å². The number of anilines is 1. The number of nitrogens with two attached hydrogens (primary N) is 1. The molecule has 2 heterocycles. The van der Waals surface area contributed by atoms with E-state index in [1.807, 2.05) is 6.92 Å². The smallest absolute Gasteiger partial charge is 0.220 e. The molecular weight excluding hydrogens is 195 g/mol. The van der Waals surface area contributed by atoms with Gasteiger partial charge in [-0.2, -0.15) is 0 Å². The van der Waals surface area contributed by atoms with E-state index in [-0.39, 0.29) is 11.6 Å². The molecule has 0 bridgehead atoms. The Kier molecular flexibility index (Phi) is 2.29. The Hall–Kier alpha value is -2.04. The van der Waals surface area contributed by atoms with Crippen molar-refractivity contribution in [2.75, 3.05) is 5.73 Å². The molecule has 0 aliphatic rings. The van der Waals surface area contributed by atoms with Gasteiger partial charge in [0.05, 0.1) is 6.20 Å². The third-order valence-electron chi connectivity index (χ3n) is 1.93. The molecule has 5 heteroatoms. The van der Waals surface area contributed by atoms with Crippen LogP contribution in [0.2, 0.25) is 0 Å². The fraction of sp³-hybridized carbons (Fsp3) is 0.100. The molecule has 0 aliphatic carbocycles. The normalized spacial score (nSPS) is 10.3. The van der Waals surface area contributed by atoms with Gasteiger partial charge in [-0.05, 0) is 19.1 Å². The zero-order valence-corrected chi connectivity index (χ0v) is 8.11. The van der Waals surface area contributed by atoms with Gasteiger partial charge in [-0.1, -0.05) is 0 Å². The fourth-order valence-electron chi connectivity index (χ4n) is 1.28. The maximum Gasteiger partial charge on any atom is 0.220 e. The first-order valence-corrected chi connectivity index (χ1v) is 4.38. The van der Waals surface area contributed by atoms with Crippen LogP contribution in [0.5, 0.6) is 0 Å². The van der Waals surface area contributed by atoms with Crippen molar-refractivity contribution in [3.05, 3.63) is 36.0 Å². The highest BCUT2D eigenvalue weighted by Crippen LogP contribution is 2.20. The molecule has 4 nitrogen and oxygen atoms in total. The van der Waals surface area contributed by atoms with Crippen LogP contribution in [0.15, 0.2) is 24.5 Å². The Bertz CT molecular complexity index is 499. The van der Waals surface area contributed by atoms with E-state index in [0.717, 1.165) is 11.9 Å². The number of nitrogen functional groups attached to an aromatic ring is 1. The summed E-state index contributed by atoms with van der Waals surface area (Å²) in [6.07, 6.45) is 2.66. The third-order valence-corrected chi connectivity index (χ3v) is 1.93. The Labute approximate surface area is 86.0 Å². The Morgan fingerprint density at radius 2 is 2.13 bits per heavy atom. The van der Waals surface area contributed by atoms with Gasteiger partial charge in [0.15, 0.2) is 5.82 Å². The third kappa shape index (κ3) is 1.90. The van der Waals surface area contributed by atoms with Crippen molar-refractivity contribution in [2.24, 2.45) is 0 Å². The minimum atomic E-state index is -0.491. The Balaban J connectivity index is 2.58. The lowest BCUT2D eigenvalue weighted by atomic mass is 10.1. The summed E-state index contributed by atoms with van der Waals surface area (Å²) in [4.78, 5) is 11.4. The van der Waals surface area contributed by atoms with E-state index >= 15 is 0 Å². The number of pyridine rings is 1. The number of aryl methyl sites for hydroxylation is 1. The van der Waals surface area contributed by atoms with Crippen molar-refractivity contribution in [2.45, 2.75) is 6.92 Å². The predicted octanol–water partition coefficient (Wildman–Crippen LogP) is 1.57. The van der Waals surface area contributed by atoms with E-state index in [4.69, 9.17) is 5.73 Å². The van der Waals surface area contributed by atoms with Crippen molar-refractivity contribution < 1.29 is 4.39 Å². The van der Waals surface area contributed by atoms with E-state index in [1.54, 1.807) is 18.3 Å². The minimum Gasteiger partial charge on any atom is -0.368 e. The highest BCUT2D eigenvalue weighted by atomic mass is 19.1. The zero-order chi connectivity index (χ0) is 10.8. The van der Waals surface area contributed by atoms with E-state index in [0.29, 0.717) is 5.56 Å². The van der Waals surface area contributed by atoms with E-state index in [1.165, 1.54) is 0 Å². The molecule has 0 spiro atoms. The highest BCUT2D eigenvalue weighted by molar-refractivity contribution is 5.60. The number of nitrogens with zero attached hydrogens (tertiary/aromatic N) is 3. The second-order valence-electron chi connectivity index (χ2n) is 3.11. The van der Waals surface area contributed by atoms with Gasteiger partial charge < -0.3 is 5.73 Å². The van der Waals surface area contributed by atoms with E-state index in [2.05, 4.69) is 15.0 Å². The topological polar surface area (TPSA) is 64.7 Å². The molecule has 76 valence electrons. The fourth-order valence-corrected chi connectivity index (χ4v) is 1.28. The first kappa shape index (κ1) is 9.51. The van der Waals surface area contributed by atoms with Gasteiger partial charge in [0.2, 0.25) is 5.95 Å². The number of hydrogen-bond acceptors (Lipinski definition) is 4. The van der Waals surface area contributed by atoms with Crippen molar-refractivity contribution in [1.29, 1.82) is 0 Å². The lowest BCUT2D eigenvalue weighted by Crippen LogP contribution is -1.99. The van der Waals surface area contributed by atoms with Gasteiger partial charge in [0, 0.05) is 17.5 Å². The van der Waals surface area contributed by atoms with Crippen LogP contribution in [0.3, 0.4) is 0 Å². The van der Waals surface area contributed by atoms with Crippen LogP contribution in [0.4, 0.5) is 10.3 Å². The molecule has 0 unspecified atom stereocenters. The molecule has 0 aromatic carbocycles. The number of halogens is 1. The minimum absolute atomic E-state index is 0.0564. The summed E-state index contributed by atoms with van der Waals surface area (Å²) in [5, 5.41) is 0. The largest absolute Gasteiger partial charge is 0.368 e. The lowest BCUT2D eigenvalue weighted by molar-refractivity contribution is 0.619. The van der Waals surface area contributed by atoms with Crippen LogP contribution in [0.25, 0.3) is 11.3 Å². The van der Waals surface area contributed by atoms with Crippen molar-refractivity contribution >= 4 is 5.95 Å². The Morgan fingerprint density at radius 3 is 2.87 bits per heavy atom. The number of hydrogen-bond donors (Lipinski definition) is 1. The van der Waals surface area contributed by atoms with Crippen LogP contribution in [0, 0.1) is 12.7 Å². The maximum absolute atomic E-state index is 13.4. The van der Waals surface area contributed by atoms with Gasteiger partial charge in [-0.3, -0.25) is 4.98 Å². The SMILES string of the molecule is Cc1cc(-c2nc(N)ncc2F)ccn1. The molecule has 0 aliphatic heterocycles. The molecule has 0 radical (unpaired) electrons. The Morgan fingerprint density at radius 1 is 1.33 bits per heavy atom. The summed E-state index contributed by atoms with van der Waals surface area (Å²) in [6.45, 7) is 1.83. The van der Waals surface area contributed by atoms with Gasteiger partial charge in [0.1, 0.15) is 5.69 Å². The second-order valence-corrected chi connectivity index (χ2v) is 3.11. The van der Waals surface area contributed by atoms with Crippen LogP contribution in [-0.2, 0) is 0 Å². The average molecular weight is 204 g/mol. The number of rotatable bonds is 1. The molecule has 0 amide bonds. The van der Waals surface area contributed by atoms with Crippen molar-refractivity contribution in [1.82, 2.24) is 15.0 Å². The summed E-state index contributed by atoms with van der Waals surface area (Å²) in [6, 6.07) is 3.42. The number of aromatic nitrogens is 3. The molecule has 15 heavy (non-hydrogen) atoms. The van der Waals surface area contributed by atoms with Crippen LogP contribution in [-0.4, -0.2) is 15.0 Å². The van der Waals surface area contributed by atoms with Crippen molar-refractivity contribution in [3.8, 4) is 11.3 Å². The van der Waals surface area contributed by atoms with Crippen molar-refractivity contribution in [3.63, 3.8) is 0 Å². The standard InChI is InChI=1S/C10H9FN4/c1-6-4-7(2-3-13-6)9-8(11)5-14-10(12)15-9/h2-5H,1H3,(H2,12,14,15). The molecule has 0 atom stereocenters. The molecule has 0 saturated heterocycles. The molecule has 2 N–H and O–H groups in total. The molecule has 2 aromatic rings. The molecular formula is C10H9FN4. The first-order valence-electron chi connectivity index (χ1n) is 4.38. The molecule has 2 aromatic heterocycles. The second kappa shape index (κ2) is 3.61.